The summed E-state index contributed by atoms with van der Waals surface area (Å²) >= 11 is 8.66. The van der Waals surface area contributed by atoms with Gasteiger partial charge in [0.05, 0.1) is 5.56 Å². The van der Waals surface area contributed by atoms with E-state index in [2.05, 4.69) is 42.9 Å². The number of thiophene rings is 1. The minimum atomic E-state index is 0.775. The second-order valence-electron chi connectivity index (χ2n) is 4.93. The summed E-state index contributed by atoms with van der Waals surface area (Å²) < 4.78 is 2.01. The number of aliphatic imine (C=N–C) groups is 1. The van der Waals surface area contributed by atoms with Crippen molar-refractivity contribution < 1.29 is 0 Å². The third-order valence-corrected chi connectivity index (χ3v) is 5.96. The lowest BCUT2D eigenvalue weighted by Crippen LogP contribution is -1.99. The Hall–Kier alpha value is -0.960. The van der Waals surface area contributed by atoms with Gasteiger partial charge in [-0.15, -0.1) is 11.3 Å². The zero-order valence-electron chi connectivity index (χ0n) is 11.2. The fraction of sp³-hybridized carbons (Fsp3) is 0.250. The van der Waals surface area contributed by atoms with Crippen LogP contribution in [0.5, 0.6) is 0 Å². The first-order valence-electron chi connectivity index (χ1n) is 6.73. The summed E-state index contributed by atoms with van der Waals surface area (Å²) in [4.78, 5) is 5.92. The molecular formula is C16H12Br2N2S. The van der Waals surface area contributed by atoms with E-state index in [9.17, 15) is 5.26 Å². The molecule has 2 nitrogen and oxygen atoms in total. The highest BCUT2D eigenvalue weighted by Gasteiger charge is 2.20. The summed E-state index contributed by atoms with van der Waals surface area (Å²) in [5.41, 5.74) is 3.01. The van der Waals surface area contributed by atoms with Crippen LogP contribution in [0.4, 0.5) is 5.00 Å². The second-order valence-corrected chi connectivity index (χ2v) is 7.78. The summed E-state index contributed by atoms with van der Waals surface area (Å²) in [6.07, 6.45) is 6.33. The molecule has 0 N–H and O–H groups in total. The average Bonchev–Trinajstić information content (AvgIpc) is 2.85. The molecular weight excluding hydrogens is 412 g/mol. The van der Waals surface area contributed by atoms with Crippen LogP contribution in [0, 0.1) is 11.3 Å². The van der Waals surface area contributed by atoms with E-state index in [1.54, 1.807) is 11.3 Å². The van der Waals surface area contributed by atoms with E-state index in [1.807, 2.05) is 24.4 Å². The smallest absolute Gasteiger partial charge is 0.134 e. The Morgan fingerprint density at radius 3 is 2.86 bits per heavy atom. The van der Waals surface area contributed by atoms with E-state index in [0.717, 1.165) is 37.9 Å². The molecule has 0 unspecified atom stereocenters. The van der Waals surface area contributed by atoms with Crippen molar-refractivity contribution in [2.75, 3.05) is 0 Å². The van der Waals surface area contributed by atoms with Gasteiger partial charge in [0.25, 0.3) is 0 Å². The maximum Gasteiger partial charge on any atom is 0.134 e. The molecule has 1 aliphatic rings. The maximum atomic E-state index is 9.43. The Kier molecular flexibility index (Phi) is 4.58. The number of rotatable bonds is 2. The molecule has 1 heterocycles. The van der Waals surface area contributed by atoms with Gasteiger partial charge in [-0.05, 0) is 49.4 Å². The second kappa shape index (κ2) is 6.43. The zero-order chi connectivity index (χ0) is 14.8. The number of halogens is 2. The first kappa shape index (κ1) is 15.0. The topological polar surface area (TPSA) is 36.1 Å². The van der Waals surface area contributed by atoms with Crippen molar-refractivity contribution in [3.8, 4) is 6.07 Å². The third kappa shape index (κ3) is 3.13. The average molecular weight is 424 g/mol. The molecule has 0 bridgehead atoms. The molecule has 0 amide bonds. The minimum Gasteiger partial charge on any atom is -0.244 e. The largest absolute Gasteiger partial charge is 0.244 e. The van der Waals surface area contributed by atoms with E-state index in [0.29, 0.717) is 0 Å². The fourth-order valence-corrected chi connectivity index (χ4v) is 4.41. The van der Waals surface area contributed by atoms with Gasteiger partial charge in [-0.1, -0.05) is 31.9 Å². The lowest BCUT2D eigenvalue weighted by atomic mass is 9.96. The van der Waals surface area contributed by atoms with Gasteiger partial charge in [0.15, 0.2) is 0 Å². The molecule has 21 heavy (non-hydrogen) atoms. The molecule has 0 saturated heterocycles. The quantitative estimate of drug-likeness (QED) is 0.564. The summed E-state index contributed by atoms with van der Waals surface area (Å²) in [6.45, 7) is 0. The van der Waals surface area contributed by atoms with E-state index >= 15 is 0 Å². The molecule has 5 heteroatoms. The number of hydrogen-bond acceptors (Lipinski definition) is 3. The Morgan fingerprint density at radius 1 is 1.24 bits per heavy atom. The number of fused-ring (bicyclic) bond motifs is 1. The van der Waals surface area contributed by atoms with E-state index < -0.39 is 0 Å². The minimum absolute atomic E-state index is 0.775. The van der Waals surface area contributed by atoms with Crippen LogP contribution in [-0.2, 0) is 12.8 Å². The standard InChI is InChI=1S/C16H12Br2N2S/c17-11-5-6-14(18)10(7-11)9-20-16-13(8-19)12-3-1-2-4-15(12)21-16/h5-7,9H,1-4H2. The lowest BCUT2D eigenvalue weighted by Gasteiger charge is -2.09. The first-order chi connectivity index (χ1) is 10.2. The zero-order valence-corrected chi connectivity index (χ0v) is 15.2. The van der Waals surface area contributed by atoms with Crippen molar-refractivity contribution in [2.24, 2.45) is 4.99 Å². The Labute approximate surface area is 144 Å². The predicted molar refractivity (Wildman–Crippen MR) is 94.8 cm³/mol. The monoisotopic (exact) mass is 422 g/mol. The van der Waals surface area contributed by atoms with Gasteiger partial charge >= 0.3 is 0 Å². The van der Waals surface area contributed by atoms with Crippen molar-refractivity contribution in [1.29, 1.82) is 5.26 Å². The SMILES string of the molecule is N#Cc1c(N=Cc2cc(Br)ccc2Br)sc2c1CCCC2. The van der Waals surface area contributed by atoms with Crippen molar-refractivity contribution in [3.05, 3.63) is 48.7 Å². The van der Waals surface area contributed by atoms with Crippen molar-refractivity contribution in [3.63, 3.8) is 0 Å². The van der Waals surface area contributed by atoms with Gasteiger partial charge in [0, 0.05) is 25.6 Å². The molecule has 1 aromatic heterocycles. The van der Waals surface area contributed by atoms with Crippen LogP contribution in [0.25, 0.3) is 0 Å². The van der Waals surface area contributed by atoms with Crippen LogP contribution >= 0.6 is 43.2 Å². The molecule has 106 valence electrons. The highest BCUT2D eigenvalue weighted by atomic mass is 79.9. The Balaban J connectivity index is 1.98. The molecule has 0 saturated carbocycles. The normalized spacial score (nSPS) is 14.1. The summed E-state index contributed by atoms with van der Waals surface area (Å²) in [5, 5.41) is 10.3. The summed E-state index contributed by atoms with van der Waals surface area (Å²) in [5.74, 6) is 0. The molecule has 0 radical (unpaired) electrons. The Morgan fingerprint density at radius 2 is 2.05 bits per heavy atom. The molecule has 1 aromatic carbocycles. The maximum absolute atomic E-state index is 9.43. The number of nitrogens with zero attached hydrogens (tertiary/aromatic N) is 2. The number of aryl methyl sites for hydroxylation is 1. The molecule has 0 atom stereocenters. The van der Waals surface area contributed by atoms with Gasteiger partial charge in [-0.3, -0.25) is 0 Å². The summed E-state index contributed by atoms with van der Waals surface area (Å²) in [7, 11) is 0. The molecule has 0 fully saturated rings. The van der Waals surface area contributed by atoms with Gasteiger partial charge in [-0.2, -0.15) is 5.26 Å². The highest BCUT2D eigenvalue weighted by Crippen LogP contribution is 2.39. The Bertz CT molecular complexity index is 756. The molecule has 1 aliphatic carbocycles. The van der Waals surface area contributed by atoms with Gasteiger partial charge in [0.1, 0.15) is 11.1 Å². The molecule has 2 aromatic rings. The number of benzene rings is 1. The van der Waals surface area contributed by atoms with E-state index in [4.69, 9.17) is 0 Å². The highest BCUT2D eigenvalue weighted by molar-refractivity contribution is 9.11. The molecule has 0 spiro atoms. The number of nitriles is 1. The molecule has 0 aliphatic heterocycles. The van der Waals surface area contributed by atoms with Crippen LogP contribution in [0.1, 0.15) is 34.4 Å². The lowest BCUT2D eigenvalue weighted by molar-refractivity contribution is 0.696. The van der Waals surface area contributed by atoms with Gasteiger partial charge < -0.3 is 0 Å². The number of hydrogen-bond donors (Lipinski definition) is 0. The van der Waals surface area contributed by atoms with Crippen molar-refractivity contribution in [1.82, 2.24) is 0 Å². The van der Waals surface area contributed by atoms with Crippen LogP contribution in [-0.4, -0.2) is 6.21 Å². The fourth-order valence-electron chi connectivity index (χ4n) is 2.50. The van der Waals surface area contributed by atoms with Gasteiger partial charge in [-0.25, -0.2) is 4.99 Å². The van der Waals surface area contributed by atoms with Crippen LogP contribution in [0.3, 0.4) is 0 Å². The van der Waals surface area contributed by atoms with Crippen LogP contribution < -0.4 is 0 Å². The van der Waals surface area contributed by atoms with Crippen molar-refractivity contribution >= 4 is 54.4 Å². The van der Waals surface area contributed by atoms with Gasteiger partial charge in [0.2, 0.25) is 0 Å². The van der Waals surface area contributed by atoms with Crippen LogP contribution in [0.15, 0.2) is 32.1 Å². The first-order valence-corrected chi connectivity index (χ1v) is 9.13. The molecule has 3 rings (SSSR count). The van der Waals surface area contributed by atoms with E-state index in [1.165, 1.54) is 23.3 Å². The third-order valence-electron chi connectivity index (χ3n) is 3.54. The summed E-state index contributed by atoms with van der Waals surface area (Å²) in [6, 6.07) is 8.31. The van der Waals surface area contributed by atoms with Crippen molar-refractivity contribution in [2.45, 2.75) is 25.7 Å². The predicted octanol–water partition coefficient (Wildman–Crippen LogP) is 5.77. The van der Waals surface area contributed by atoms with E-state index in [-0.39, 0.29) is 0 Å². The van der Waals surface area contributed by atoms with Crippen LogP contribution in [0.2, 0.25) is 0 Å².